The minimum Gasteiger partial charge on any atom is -0.394 e. The number of aliphatic hydroxyl groups excluding tert-OH is 1. The zero-order valence-corrected chi connectivity index (χ0v) is 6.29. The minimum atomic E-state index is -0.506. The Balaban J connectivity index is 3.57. The summed E-state index contributed by atoms with van der Waals surface area (Å²) < 4.78 is 0. The summed E-state index contributed by atoms with van der Waals surface area (Å²) >= 11 is 0. The normalized spacial score (nSPS) is 16.0. The lowest BCUT2D eigenvalue weighted by atomic mass is 10.3. The average molecular weight is 146 g/mol. The first-order chi connectivity index (χ1) is 4.57. The Morgan fingerprint density at radius 2 is 2.20 bits per heavy atom. The van der Waals surface area contributed by atoms with Crippen molar-refractivity contribution in [2.45, 2.75) is 25.9 Å². The molecule has 4 N–H and O–H groups in total. The van der Waals surface area contributed by atoms with E-state index in [4.69, 9.17) is 10.8 Å². The second kappa shape index (κ2) is 4.24. The molecule has 0 radical (unpaired) electrons. The molecule has 0 bridgehead atoms. The van der Waals surface area contributed by atoms with Crippen molar-refractivity contribution in [3.63, 3.8) is 0 Å². The van der Waals surface area contributed by atoms with Crippen molar-refractivity contribution in [1.29, 1.82) is 0 Å². The molecular weight excluding hydrogens is 132 g/mol. The van der Waals surface area contributed by atoms with Gasteiger partial charge in [0.15, 0.2) is 0 Å². The third-order valence-corrected chi connectivity index (χ3v) is 1.08. The Kier molecular flexibility index (Phi) is 3.99. The van der Waals surface area contributed by atoms with Crippen LogP contribution in [0.2, 0.25) is 0 Å². The number of carbonyl (C=O) groups is 1. The predicted octanol–water partition coefficient (Wildman–Crippen LogP) is -1.17. The standard InChI is InChI=1S/C6H14N2O2/c1-4(3-9)8-6(10)5(2)7/h4-5,9H,3,7H2,1-2H3,(H,8,10)/t4?,5-/m0/s1. The molecule has 4 nitrogen and oxygen atoms in total. The van der Waals surface area contributed by atoms with E-state index < -0.39 is 6.04 Å². The van der Waals surface area contributed by atoms with Crippen LogP contribution in [0.25, 0.3) is 0 Å². The summed E-state index contributed by atoms with van der Waals surface area (Å²) in [6.45, 7) is 3.25. The van der Waals surface area contributed by atoms with E-state index in [1.807, 2.05) is 0 Å². The van der Waals surface area contributed by atoms with E-state index >= 15 is 0 Å². The molecule has 0 aliphatic heterocycles. The maximum Gasteiger partial charge on any atom is 0.236 e. The molecule has 0 spiro atoms. The number of amides is 1. The number of hydrogen-bond acceptors (Lipinski definition) is 3. The molecule has 0 saturated carbocycles. The lowest BCUT2D eigenvalue weighted by Crippen LogP contribution is -2.43. The van der Waals surface area contributed by atoms with Crippen LogP contribution in [-0.2, 0) is 4.79 Å². The van der Waals surface area contributed by atoms with Crippen molar-refractivity contribution < 1.29 is 9.90 Å². The predicted molar refractivity (Wildman–Crippen MR) is 38.3 cm³/mol. The summed E-state index contributed by atoms with van der Waals surface area (Å²) in [6.07, 6.45) is 0. The van der Waals surface area contributed by atoms with E-state index in [2.05, 4.69) is 5.32 Å². The van der Waals surface area contributed by atoms with Gasteiger partial charge in [-0.05, 0) is 13.8 Å². The first-order valence-electron chi connectivity index (χ1n) is 3.24. The van der Waals surface area contributed by atoms with Gasteiger partial charge >= 0.3 is 0 Å². The zero-order valence-electron chi connectivity index (χ0n) is 6.29. The summed E-state index contributed by atoms with van der Waals surface area (Å²) in [6, 6.07) is -0.715. The fourth-order valence-electron chi connectivity index (χ4n) is 0.420. The summed E-state index contributed by atoms with van der Waals surface area (Å²) in [4.78, 5) is 10.8. The third-order valence-electron chi connectivity index (χ3n) is 1.08. The van der Waals surface area contributed by atoms with E-state index in [-0.39, 0.29) is 18.6 Å². The van der Waals surface area contributed by atoms with Gasteiger partial charge in [0, 0.05) is 6.04 Å². The van der Waals surface area contributed by atoms with Gasteiger partial charge in [-0.1, -0.05) is 0 Å². The molecule has 0 heterocycles. The topological polar surface area (TPSA) is 75.3 Å². The van der Waals surface area contributed by atoms with Crippen LogP contribution in [0.4, 0.5) is 0 Å². The molecule has 0 aliphatic carbocycles. The van der Waals surface area contributed by atoms with Crippen LogP contribution in [0, 0.1) is 0 Å². The molecule has 0 fully saturated rings. The van der Waals surface area contributed by atoms with Crippen LogP contribution in [0.5, 0.6) is 0 Å². The maximum atomic E-state index is 10.8. The van der Waals surface area contributed by atoms with Gasteiger partial charge in [-0.15, -0.1) is 0 Å². The number of nitrogens with one attached hydrogen (secondary N) is 1. The maximum absolute atomic E-state index is 10.8. The second-order valence-corrected chi connectivity index (χ2v) is 2.38. The highest BCUT2D eigenvalue weighted by Crippen LogP contribution is 1.80. The lowest BCUT2D eigenvalue weighted by molar-refractivity contribution is -0.122. The van der Waals surface area contributed by atoms with E-state index in [1.165, 1.54) is 0 Å². The van der Waals surface area contributed by atoms with Crippen molar-refractivity contribution in [1.82, 2.24) is 5.32 Å². The number of hydrogen-bond donors (Lipinski definition) is 3. The monoisotopic (exact) mass is 146 g/mol. The molecule has 0 aliphatic rings. The minimum absolute atomic E-state index is 0.0571. The number of carbonyl (C=O) groups excluding carboxylic acids is 1. The van der Waals surface area contributed by atoms with Gasteiger partial charge in [0.1, 0.15) is 0 Å². The molecule has 0 rings (SSSR count). The molecule has 0 saturated heterocycles. The Labute approximate surface area is 60.4 Å². The molecule has 0 aromatic carbocycles. The molecule has 0 aromatic heterocycles. The van der Waals surface area contributed by atoms with Gasteiger partial charge in [-0.2, -0.15) is 0 Å². The average Bonchev–Trinajstić information content (AvgIpc) is 1.87. The first-order valence-corrected chi connectivity index (χ1v) is 3.24. The van der Waals surface area contributed by atoms with Gasteiger partial charge in [0.05, 0.1) is 12.6 Å². The van der Waals surface area contributed by atoms with Gasteiger partial charge < -0.3 is 16.2 Å². The molecule has 10 heavy (non-hydrogen) atoms. The van der Waals surface area contributed by atoms with Crippen LogP contribution >= 0.6 is 0 Å². The number of nitrogens with two attached hydrogens (primary N) is 1. The summed E-state index contributed by atoms with van der Waals surface area (Å²) in [5.74, 6) is -0.235. The third kappa shape index (κ3) is 3.42. The molecule has 0 aromatic rings. The Morgan fingerprint density at radius 3 is 2.50 bits per heavy atom. The Morgan fingerprint density at radius 1 is 1.70 bits per heavy atom. The Hall–Kier alpha value is -0.610. The lowest BCUT2D eigenvalue weighted by Gasteiger charge is -2.12. The molecule has 60 valence electrons. The van der Waals surface area contributed by atoms with Crippen LogP contribution < -0.4 is 11.1 Å². The van der Waals surface area contributed by atoms with Crippen LogP contribution in [0.1, 0.15) is 13.8 Å². The van der Waals surface area contributed by atoms with Crippen molar-refractivity contribution >= 4 is 5.91 Å². The summed E-state index contributed by atoms with van der Waals surface area (Å²) in [5.41, 5.74) is 5.25. The molecule has 2 atom stereocenters. The van der Waals surface area contributed by atoms with E-state index in [0.717, 1.165) is 0 Å². The number of rotatable bonds is 3. The van der Waals surface area contributed by atoms with E-state index in [1.54, 1.807) is 13.8 Å². The summed E-state index contributed by atoms with van der Waals surface area (Å²) in [5, 5.41) is 11.0. The fraction of sp³-hybridized carbons (Fsp3) is 0.833. The zero-order chi connectivity index (χ0) is 8.15. The quantitative estimate of drug-likeness (QED) is 0.469. The first kappa shape index (κ1) is 9.39. The van der Waals surface area contributed by atoms with Gasteiger partial charge in [0.25, 0.3) is 0 Å². The van der Waals surface area contributed by atoms with Crippen molar-refractivity contribution in [2.24, 2.45) is 5.73 Å². The van der Waals surface area contributed by atoms with Gasteiger partial charge in [-0.3, -0.25) is 4.79 Å². The van der Waals surface area contributed by atoms with Crippen molar-refractivity contribution in [3.8, 4) is 0 Å². The highest BCUT2D eigenvalue weighted by atomic mass is 16.3. The highest BCUT2D eigenvalue weighted by molar-refractivity contribution is 5.81. The van der Waals surface area contributed by atoms with Crippen molar-refractivity contribution in [2.75, 3.05) is 6.61 Å². The molecule has 4 heteroatoms. The molecule has 1 unspecified atom stereocenters. The number of aliphatic hydroxyl groups is 1. The van der Waals surface area contributed by atoms with Gasteiger partial charge in [-0.25, -0.2) is 0 Å². The molecule has 1 amide bonds. The van der Waals surface area contributed by atoms with Crippen LogP contribution in [0.15, 0.2) is 0 Å². The van der Waals surface area contributed by atoms with Crippen molar-refractivity contribution in [3.05, 3.63) is 0 Å². The Bertz CT molecular complexity index is 114. The van der Waals surface area contributed by atoms with Crippen LogP contribution in [0.3, 0.4) is 0 Å². The van der Waals surface area contributed by atoms with Gasteiger partial charge in [0.2, 0.25) is 5.91 Å². The summed E-state index contributed by atoms with van der Waals surface area (Å²) in [7, 11) is 0. The molecular formula is C6H14N2O2. The smallest absolute Gasteiger partial charge is 0.236 e. The second-order valence-electron chi connectivity index (χ2n) is 2.38. The van der Waals surface area contributed by atoms with E-state index in [0.29, 0.717) is 0 Å². The highest BCUT2D eigenvalue weighted by Gasteiger charge is 2.09. The largest absolute Gasteiger partial charge is 0.394 e. The fourth-order valence-corrected chi connectivity index (χ4v) is 0.420. The SMILES string of the molecule is CC(CO)NC(=O)[C@H](C)N. The van der Waals surface area contributed by atoms with E-state index in [9.17, 15) is 4.79 Å². The van der Waals surface area contributed by atoms with Crippen LogP contribution in [-0.4, -0.2) is 29.7 Å².